The lowest BCUT2D eigenvalue weighted by molar-refractivity contribution is -0.134. The molecular formula is C29H34N6O4. The van der Waals surface area contributed by atoms with Crippen LogP contribution in [0.4, 0.5) is 11.6 Å². The fourth-order valence-corrected chi connectivity index (χ4v) is 4.97. The summed E-state index contributed by atoms with van der Waals surface area (Å²) in [6.45, 7) is 3.57. The van der Waals surface area contributed by atoms with E-state index >= 15 is 0 Å². The summed E-state index contributed by atoms with van der Waals surface area (Å²) in [4.78, 5) is 38.5. The van der Waals surface area contributed by atoms with Gasteiger partial charge in [-0.05, 0) is 55.5 Å². The zero-order valence-electron chi connectivity index (χ0n) is 22.5. The summed E-state index contributed by atoms with van der Waals surface area (Å²) in [5.41, 5.74) is 4.04. The molecule has 1 amide bonds. The number of carbonyl (C=O) groups is 2. The fourth-order valence-electron chi connectivity index (χ4n) is 4.97. The second-order valence-electron chi connectivity index (χ2n) is 9.86. The van der Waals surface area contributed by atoms with Crippen molar-refractivity contribution < 1.29 is 19.1 Å². The number of ether oxygens (including phenoxy) is 2. The van der Waals surface area contributed by atoms with E-state index in [-0.39, 0.29) is 24.3 Å². The second-order valence-corrected chi connectivity index (χ2v) is 9.86. The van der Waals surface area contributed by atoms with Gasteiger partial charge in [-0.3, -0.25) is 14.7 Å². The molecule has 2 aliphatic heterocycles. The first-order valence-electron chi connectivity index (χ1n) is 13.4. The van der Waals surface area contributed by atoms with Crippen molar-refractivity contribution in [2.45, 2.75) is 32.2 Å². The topological polar surface area (TPSA) is 103 Å². The first kappa shape index (κ1) is 26.6. The summed E-state index contributed by atoms with van der Waals surface area (Å²) in [6.07, 6.45) is 8.38. The fraction of sp³-hybridized carbons (Fsp3) is 0.414. The van der Waals surface area contributed by atoms with Crippen molar-refractivity contribution >= 4 is 29.6 Å². The minimum atomic E-state index is -0.494. The van der Waals surface area contributed by atoms with E-state index in [4.69, 9.17) is 9.72 Å². The van der Waals surface area contributed by atoms with Gasteiger partial charge in [0.1, 0.15) is 0 Å². The maximum absolute atomic E-state index is 13.7. The molecule has 2 fully saturated rings. The van der Waals surface area contributed by atoms with E-state index in [0.29, 0.717) is 31.9 Å². The van der Waals surface area contributed by atoms with E-state index in [0.717, 1.165) is 29.9 Å². The molecule has 3 aromatic rings. The molecule has 4 heterocycles. The van der Waals surface area contributed by atoms with Crippen molar-refractivity contribution in [3.05, 3.63) is 60.1 Å². The summed E-state index contributed by atoms with van der Waals surface area (Å²) < 4.78 is 11.7. The molecule has 10 heteroatoms. The van der Waals surface area contributed by atoms with Crippen molar-refractivity contribution in [2.24, 2.45) is 13.0 Å². The first-order valence-corrected chi connectivity index (χ1v) is 13.4. The van der Waals surface area contributed by atoms with Crippen LogP contribution in [0.5, 0.6) is 0 Å². The van der Waals surface area contributed by atoms with E-state index in [1.54, 1.807) is 11.9 Å². The second kappa shape index (κ2) is 12.2. The summed E-state index contributed by atoms with van der Waals surface area (Å²) >= 11 is 0. The number of rotatable bonds is 8. The summed E-state index contributed by atoms with van der Waals surface area (Å²) in [5.74, 6) is 0.00576. The highest BCUT2D eigenvalue weighted by atomic mass is 16.5. The molecule has 0 saturated carbocycles. The minimum Gasteiger partial charge on any atom is -0.466 e. The number of amides is 1. The van der Waals surface area contributed by atoms with Gasteiger partial charge in [0.2, 0.25) is 5.91 Å². The number of methoxy groups -OCH3 is 1. The van der Waals surface area contributed by atoms with Gasteiger partial charge in [-0.25, -0.2) is 9.48 Å². The van der Waals surface area contributed by atoms with E-state index < -0.39 is 5.97 Å². The van der Waals surface area contributed by atoms with Gasteiger partial charge in [0.25, 0.3) is 5.95 Å². The minimum absolute atomic E-state index is 0.0465. The molecule has 0 atom stereocenters. The van der Waals surface area contributed by atoms with Crippen LogP contribution in [-0.2, 0) is 32.7 Å². The highest BCUT2D eigenvalue weighted by Crippen LogP contribution is 2.27. The average molecular weight is 531 g/mol. The van der Waals surface area contributed by atoms with Gasteiger partial charge in [-0.2, -0.15) is 4.98 Å². The van der Waals surface area contributed by atoms with Crippen molar-refractivity contribution in [1.82, 2.24) is 19.7 Å². The molecule has 0 spiro atoms. The van der Waals surface area contributed by atoms with E-state index in [9.17, 15) is 9.59 Å². The number of hydrogen-bond donors (Lipinski definition) is 0. The van der Waals surface area contributed by atoms with E-state index in [2.05, 4.69) is 44.0 Å². The molecule has 204 valence electrons. The number of carbonyl (C=O) groups excluding carboxylic acids is 2. The van der Waals surface area contributed by atoms with Gasteiger partial charge in [0.15, 0.2) is 5.82 Å². The zero-order valence-corrected chi connectivity index (χ0v) is 22.5. The number of hydrogen-bond acceptors (Lipinski definition) is 8. The van der Waals surface area contributed by atoms with Crippen LogP contribution < -0.4 is 9.80 Å². The molecule has 0 bridgehead atoms. The van der Waals surface area contributed by atoms with E-state index in [1.807, 2.05) is 18.3 Å². The molecule has 0 radical (unpaired) electrons. The normalized spacial score (nSPS) is 16.1. The maximum Gasteiger partial charge on any atom is 0.330 e. The SMILES string of the molecule is COC(=O)/C=C/c1nc(N(Cc2ccc(-c3cccc(N4CCCC4)c3)nc2)C(=O)C2CCOCC2)nn1C. The number of nitrogens with zero attached hydrogens (tertiary/aromatic N) is 6. The number of aromatic nitrogens is 4. The monoisotopic (exact) mass is 530 g/mol. The molecule has 2 aromatic heterocycles. The molecule has 10 nitrogen and oxygen atoms in total. The Bertz CT molecular complexity index is 1320. The molecule has 39 heavy (non-hydrogen) atoms. The maximum atomic E-state index is 13.7. The Morgan fingerprint density at radius 3 is 2.67 bits per heavy atom. The lowest BCUT2D eigenvalue weighted by Gasteiger charge is -2.27. The van der Waals surface area contributed by atoms with Crippen molar-refractivity contribution in [3.8, 4) is 11.3 Å². The molecule has 5 rings (SSSR count). The van der Waals surface area contributed by atoms with Gasteiger partial charge in [0.05, 0.1) is 19.3 Å². The van der Waals surface area contributed by atoms with Crippen LogP contribution in [0, 0.1) is 5.92 Å². The van der Waals surface area contributed by atoms with Crippen LogP contribution in [0.3, 0.4) is 0 Å². The molecule has 0 aliphatic carbocycles. The van der Waals surface area contributed by atoms with Gasteiger partial charge < -0.3 is 14.4 Å². The van der Waals surface area contributed by atoms with Crippen LogP contribution in [-0.4, -0.2) is 65.0 Å². The molecule has 0 unspecified atom stereocenters. The quantitative estimate of drug-likeness (QED) is 0.321. The third kappa shape index (κ3) is 6.34. The third-order valence-electron chi connectivity index (χ3n) is 7.21. The van der Waals surface area contributed by atoms with Gasteiger partial charge in [-0.15, -0.1) is 5.10 Å². The molecule has 2 saturated heterocycles. The van der Waals surface area contributed by atoms with Crippen LogP contribution in [0.25, 0.3) is 17.3 Å². The predicted octanol–water partition coefficient (Wildman–Crippen LogP) is 3.62. The Hall–Kier alpha value is -4.05. The highest BCUT2D eigenvalue weighted by molar-refractivity contribution is 5.93. The number of pyridine rings is 1. The lowest BCUT2D eigenvalue weighted by Crippen LogP contribution is -2.39. The van der Waals surface area contributed by atoms with Crippen LogP contribution in [0.2, 0.25) is 0 Å². The predicted molar refractivity (Wildman–Crippen MR) is 148 cm³/mol. The molecular weight excluding hydrogens is 496 g/mol. The Balaban J connectivity index is 1.38. The first-order chi connectivity index (χ1) is 19.0. The molecule has 1 aromatic carbocycles. The van der Waals surface area contributed by atoms with Crippen molar-refractivity contribution in [1.29, 1.82) is 0 Å². The number of benzene rings is 1. The van der Waals surface area contributed by atoms with Crippen molar-refractivity contribution in [2.75, 3.05) is 43.2 Å². The third-order valence-corrected chi connectivity index (χ3v) is 7.21. The number of esters is 1. The van der Waals surface area contributed by atoms with E-state index in [1.165, 1.54) is 42.5 Å². The Kier molecular flexibility index (Phi) is 8.31. The van der Waals surface area contributed by atoms with Gasteiger partial charge in [0, 0.05) is 62.8 Å². The molecule has 0 N–H and O–H groups in total. The largest absolute Gasteiger partial charge is 0.466 e. The Labute approximate surface area is 228 Å². The van der Waals surface area contributed by atoms with Gasteiger partial charge in [-0.1, -0.05) is 18.2 Å². The standard InChI is InChI=1S/C29H34N6O4/c1-33-26(10-11-27(36)38-2)31-29(32-33)35(28(37)22-12-16-39-17-13-22)20-21-8-9-25(30-19-21)23-6-5-7-24(18-23)34-14-3-4-15-34/h5-11,18-19,22H,3-4,12-17,20H2,1-2H3/b11-10+. The van der Waals surface area contributed by atoms with Crippen LogP contribution >= 0.6 is 0 Å². The lowest BCUT2D eigenvalue weighted by atomic mass is 9.98. The van der Waals surface area contributed by atoms with Crippen molar-refractivity contribution in [3.63, 3.8) is 0 Å². The summed E-state index contributed by atoms with van der Waals surface area (Å²) in [5, 5.41) is 4.49. The molecule has 2 aliphatic rings. The average Bonchev–Trinajstić information content (AvgIpc) is 3.65. The summed E-state index contributed by atoms with van der Waals surface area (Å²) in [7, 11) is 3.03. The Morgan fingerprint density at radius 2 is 1.95 bits per heavy atom. The highest BCUT2D eigenvalue weighted by Gasteiger charge is 2.30. The van der Waals surface area contributed by atoms with Crippen LogP contribution in [0.1, 0.15) is 37.1 Å². The zero-order chi connectivity index (χ0) is 27.2. The number of anilines is 2. The smallest absolute Gasteiger partial charge is 0.330 e. The number of aryl methyl sites for hydroxylation is 1. The summed E-state index contributed by atoms with van der Waals surface area (Å²) in [6, 6.07) is 12.5. The van der Waals surface area contributed by atoms with Crippen LogP contribution in [0.15, 0.2) is 48.7 Å². The Morgan fingerprint density at radius 1 is 1.15 bits per heavy atom. The van der Waals surface area contributed by atoms with Gasteiger partial charge >= 0.3 is 5.97 Å².